The Morgan fingerprint density at radius 2 is 2.00 bits per heavy atom. The molecule has 0 radical (unpaired) electrons. The monoisotopic (exact) mass is 240 g/mol. The van der Waals surface area contributed by atoms with E-state index in [0.29, 0.717) is 11.5 Å². The first-order valence-corrected chi connectivity index (χ1v) is 6.93. The fourth-order valence-electron chi connectivity index (χ4n) is 3.67. The number of ether oxygens (including phenoxy) is 3. The van der Waals surface area contributed by atoms with Crippen LogP contribution in [0.3, 0.4) is 0 Å². The standard InChI is InChI=1S/C14H24O3/c1-13(2)8-10(12-14(3,9-13)17-12)16-11-6-4-5-7-15-11/h10-12H,4-9H2,1-3H3/t10-,11+,12-,14+/m0/s1. The molecule has 2 aliphatic heterocycles. The molecule has 0 aromatic heterocycles. The van der Waals surface area contributed by atoms with Crippen LogP contribution in [0.1, 0.15) is 52.9 Å². The van der Waals surface area contributed by atoms with Crippen molar-refractivity contribution in [3.05, 3.63) is 0 Å². The van der Waals surface area contributed by atoms with Crippen molar-refractivity contribution in [2.75, 3.05) is 6.61 Å². The van der Waals surface area contributed by atoms with Gasteiger partial charge in [-0.3, -0.25) is 0 Å². The Morgan fingerprint density at radius 3 is 2.71 bits per heavy atom. The summed E-state index contributed by atoms with van der Waals surface area (Å²) in [6.45, 7) is 7.70. The summed E-state index contributed by atoms with van der Waals surface area (Å²) in [4.78, 5) is 0. The highest BCUT2D eigenvalue weighted by Crippen LogP contribution is 2.55. The lowest BCUT2D eigenvalue weighted by Crippen LogP contribution is -2.41. The SMILES string of the molecule is CC1(C)C[C@H](O[C@@H]2CCCCO2)[C@@H]2O[C@]2(C)C1. The van der Waals surface area contributed by atoms with Crippen molar-refractivity contribution in [1.82, 2.24) is 0 Å². The number of fused-ring (bicyclic) bond motifs is 1. The van der Waals surface area contributed by atoms with Gasteiger partial charge in [0.2, 0.25) is 0 Å². The lowest BCUT2D eigenvalue weighted by molar-refractivity contribution is -0.199. The van der Waals surface area contributed by atoms with Crippen LogP contribution in [0.15, 0.2) is 0 Å². The van der Waals surface area contributed by atoms with E-state index < -0.39 is 0 Å². The maximum atomic E-state index is 6.14. The lowest BCUT2D eigenvalue weighted by Gasteiger charge is -2.37. The minimum Gasteiger partial charge on any atom is -0.364 e. The summed E-state index contributed by atoms with van der Waals surface area (Å²) in [6.07, 6.45) is 6.23. The number of hydrogen-bond donors (Lipinski definition) is 0. The highest BCUT2D eigenvalue weighted by Gasteiger charge is 2.63. The molecule has 0 amide bonds. The average Bonchev–Trinajstić information content (AvgIpc) is 2.89. The molecular weight excluding hydrogens is 216 g/mol. The molecule has 0 spiro atoms. The molecule has 3 heteroatoms. The van der Waals surface area contributed by atoms with E-state index in [9.17, 15) is 0 Å². The first kappa shape index (κ1) is 11.9. The van der Waals surface area contributed by atoms with Gasteiger partial charge < -0.3 is 14.2 Å². The zero-order chi connectivity index (χ0) is 12.1. The average molecular weight is 240 g/mol. The predicted octanol–water partition coefficient (Wildman–Crippen LogP) is 2.88. The molecule has 3 rings (SSSR count). The van der Waals surface area contributed by atoms with E-state index in [1.165, 1.54) is 12.8 Å². The van der Waals surface area contributed by atoms with E-state index in [-0.39, 0.29) is 18.0 Å². The molecule has 1 saturated carbocycles. The van der Waals surface area contributed by atoms with Crippen LogP contribution in [-0.4, -0.2) is 30.7 Å². The maximum Gasteiger partial charge on any atom is 0.158 e. The van der Waals surface area contributed by atoms with Crippen molar-refractivity contribution in [3.63, 3.8) is 0 Å². The van der Waals surface area contributed by atoms with Gasteiger partial charge in [0.05, 0.1) is 11.7 Å². The fraction of sp³-hybridized carbons (Fsp3) is 1.00. The zero-order valence-corrected chi connectivity index (χ0v) is 11.2. The van der Waals surface area contributed by atoms with Crippen LogP contribution in [0, 0.1) is 5.41 Å². The van der Waals surface area contributed by atoms with Gasteiger partial charge in [-0.15, -0.1) is 0 Å². The van der Waals surface area contributed by atoms with Gasteiger partial charge in [0.1, 0.15) is 6.10 Å². The molecule has 17 heavy (non-hydrogen) atoms. The Balaban J connectivity index is 1.62. The highest BCUT2D eigenvalue weighted by molar-refractivity contribution is 5.11. The van der Waals surface area contributed by atoms with Gasteiger partial charge in [0.15, 0.2) is 6.29 Å². The van der Waals surface area contributed by atoms with Gasteiger partial charge in [0.25, 0.3) is 0 Å². The fourth-order valence-corrected chi connectivity index (χ4v) is 3.67. The normalized spacial score (nSPS) is 48.5. The molecular formula is C14H24O3. The quantitative estimate of drug-likeness (QED) is 0.695. The van der Waals surface area contributed by atoms with Gasteiger partial charge in [-0.25, -0.2) is 0 Å². The third-order valence-corrected chi connectivity index (χ3v) is 4.33. The van der Waals surface area contributed by atoms with Crippen molar-refractivity contribution in [2.45, 2.75) is 77.0 Å². The first-order valence-electron chi connectivity index (χ1n) is 6.93. The molecule has 98 valence electrons. The minimum atomic E-state index is 0.0103. The Labute approximate surface area is 104 Å². The van der Waals surface area contributed by atoms with Crippen LogP contribution >= 0.6 is 0 Å². The molecule has 2 saturated heterocycles. The summed E-state index contributed by atoms with van der Waals surface area (Å²) in [7, 11) is 0. The van der Waals surface area contributed by atoms with Gasteiger partial charge >= 0.3 is 0 Å². The predicted molar refractivity (Wildman–Crippen MR) is 64.8 cm³/mol. The lowest BCUT2D eigenvalue weighted by atomic mass is 9.71. The summed E-state index contributed by atoms with van der Waals surface area (Å²) in [5.74, 6) is 0. The zero-order valence-electron chi connectivity index (χ0n) is 11.2. The van der Waals surface area contributed by atoms with Crippen LogP contribution < -0.4 is 0 Å². The Kier molecular flexibility index (Phi) is 2.77. The molecule has 3 aliphatic rings. The van der Waals surface area contributed by atoms with Gasteiger partial charge in [0, 0.05) is 6.61 Å². The number of epoxide rings is 1. The van der Waals surface area contributed by atoms with Gasteiger partial charge in [-0.1, -0.05) is 13.8 Å². The summed E-state index contributed by atoms with van der Waals surface area (Å²) >= 11 is 0. The van der Waals surface area contributed by atoms with Crippen molar-refractivity contribution >= 4 is 0 Å². The second-order valence-corrected chi connectivity index (χ2v) is 6.87. The summed E-state index contributed by atoms with van der Waals surface area (Å²) < 4.78 is 17.7. The molecule has 0 bridgehead atoms. The largest absolute Gasteiger partial charge is 0.364 e. The van der Waals surface area contributed by atoms with Crippen LogP contribution in [0.25, 0.3) is 0 Å². The summed E-state index contributed by atoms with van der Waals surface area (Å²) in [6, 6.07) is 0. The molecule has 0 unspecified atom stereocenters. The van der Waals surface area contributed by atoms with Crippen molar-refractivity contribution in [3.8, 4) is 0 Å². The van der Waals surface area contributed by atoms with Gasteiger partial charge in [-0.05, 0) is 44.4 Å². The second kappa shape index (κ2) is 3.94. The molecule has 4 atom stereocenters. The second-order valence-electron chi connectivity index (χ2n) is 6.87. The summed E-state index contributed by atoms with van der Waals surface area (Å²) in [5, 5.41) is 0. The van der Waals surface area contributed by atoms with E-state index in [1.54, 1.807) is 0 Å². The maximum absolute atomic E-state index is 6.14. The first-order chi connectivity index (χ1) is 7.99. The van der Waals surface area contributed by atoms with Crippen LogP contribution in [-0.2, 0) is 14.2 Å². The van der Waals surface area contributed by atoms with Crippen molar-refractivity contribution in [1.29, 1.82) is 0 Å². The molecule has 0 aromatic carbocycles. The van der Waals surface area contributed by atoms with Crippen LogP contribution in [0.5, 0.6) is 0 Å². The summed E-state index contributed by atoms with van der Waals surface area (Å²) in [5.41, 5.74) is 0.391. The highest BCUT2D eigenvalue weighted by atomic mass is 16.7. The smallest absolute Gasteiger partial charge is 0.158 e. The number of hydrogen-bond acceptors (Lipinski definition) is 3. The topological polar surface area (TPSA) is 31.0 Å². The Morgan fingerprint density at radius 1 is 1.18 bits per heavy atom. The molecule has 1 aliphatic carbocycles. The molecule has 3 nitrogen and oxygen atoms in total. The van der Waals surface area contributed by atoms with Crippen molar-refractivity contribution in [2.24, 2.45) is 5.41 Å². The van der Waals surface area contributed by atoms with E-state index >= 15 is 0 Å². The van der Waals surface area contributed by atoms with E-state index in [2.05, 4.69) is 20.8 Å². The molecule has 0 aromatic rings. The van der Waals surface area contributed by atoms with Gasteiger partial charge in [-0.2, -0.15) is 0 Å². The third-order valence-electron chi connectivity index (χ3n) is 4.33. The Bertz CT molecular complexity index is 293. The van der Waals surface area contributed by atoms with Crippen LogP contribution in [0.4, 0.5) is 0 Å². The van der Waals surface area contributed by atoms with E-state index in [4.69, 9.17) is 14.2 Å². The minimum absolute atomic E-state index is 0.0103. The third kappa shape index (κ3) is 2.38. The Hall–Kier alpha value is -0.120. The van der Waals surface area contributed by atoms with Crippen LogP contribution in [0.2, 0.25) is 0 Å². The molecule has 2 heterocycles. The molecule has 0 N–H and O–H groups in total. The molecule has 3 fully saturated rings. The van der Waals surface area contributed by atoms with E-state index in [0.717, 1.165) is 25.9 Å². The van der Waals surface area contributed by atoms with Crippen molar-refractivity contribution < 1.29 is 14.2 Å². The van der Waals surface area contributed by atoms with E-state index in [1.807, 2.05) is 0 Å². The number of rotatable bonds is 2.